The predicted octanol–water partition coefficient (Wildman–Crippen LogP) is 6.03. The maximum atomic E-state index is 13.6. The second kappa shape index (κ2) is 7.97. The fourth-order valence-corrected chi connectivity index (χ4v) is 4.12. The number of rotatable bonds is 6. The van der Waals surface area contributed by atoms with E-state index >= 15 is 0 Å². The van der Waals surface area contributed by atoms with Crippen LogP contribution in [0.2, 0.25) is 0 Å². The van der Waals surface area contributed by atoms with Gasteiger partial charge in [0.15, 0.2) is 0 Å². The Labute approximate surface area is 179 Å². The molecule has 2 aliphatic rings. The van der Waals surface area contributed by atoms with Gasteiger partial charge < -0.3 is 10.2 Å². The van der Waals surface area contributed by atoms with E-state index in [0.717, 1.165) is 25.0 Å². The van der Waals surface area contributed by atoms with Crippen molar-refractivity contribution < 1.29 is 46.1 Å². The summed E-state index contributed by atoms with van der Waals surface area (Å²) in [6, 6.07) is 0.851. The van der Waals surface area contributed by atoms with E-state index in [1.807, 2.05) is 0 Å². The monoisotopic (exact) mass is 462 g/mol. The maximum absolute atomic E-state index is 13.6. The third kappa shape index (κ3) is 4.54. The van der Waals surface area contributed by atoms with E-state index in [9.17, 15) is 46.1 Å². The molecule has 0 bridgehead atoms. The van der Waals surface area contributed by atoms with Crippen molar-refractivity contribution in [3.63, 3.8) is 0 Å². The van der Waals surface area contributed by atoms with Crippen molar-refractivity contribution >= 4 is 17.5 Å². The molecule has 2 atom stereocenters. The molecular formula is C22H20F6O4. The van der Waals surface area contributed by atoms with Crippen molar-refractivity contribution in [2.45, 2.75) is 45.0 Å². The molecule has 0 spiro atoms. The number of hydrogen-bond donors (Lipinski definition) is 2. The van der Waals surface area contributed by atoms with Crippen molar-refractivity contribution in [1.82, 2.24) is 0 Å². The van der Waals surface area contributed by atoms with Crippen LogP contribution in [0, 0.1) is 17.3 Å². The van der Waals surface area contributed by atoms with Crippen molar-refractivity contribution in [3.8, 4) is 0 Å². The van der Waals surface area contributed by atoms with E-state index in [1.165, 1.54) is 6.92 Å². The zero-order valence-electron chi connectivity index (χ0n) is 16.8. The molecule has 2 unspecified atom stereocenters. The lowest BCUT2D eigenvalue weighted by molar-refractivity contribution is -0.149. The molecule has 1 fully saturated rings. The Bertz CT molecular complexity index is 1000. The Morgan fingerprint density at radius 2 is 1.69 bits per heavy atom. The first-order valence-electron chi connectivity index (χ1n) is 9.87. The number of halogens is 6. The van der Waals surface area contributed by atoms with E-state index in [1.54, 1.807) is 0 Å². The van der Waals surface area contributed by atoms with Gasteiger partial charge in [-0.25, -0.2) is 4.79 Å². The van der Waals surface area contributed by atoms with Gasteiger partial charge in [-0.2, -0.15) is 26.3 Å². The number of alkyl halides is 6. The largest absolute Gasteiger partial charge is 0.481 e. The molecule has 0 aliphatic heterocycles. The fraction of sp³-hybridized carbons (Fsp3) is 0.455. The number of aliphatic carboxylic acids is 2. The minimum absolute atomic E-state index is 0.0391. The van der Waals surface area contributed by atoms with Gasteiger partial charge in [0, 0.05) is 11.5 Å². The number of carboxylic acids is 2. The van der Waals surface area contributed by atoms with E-state index in [2.05, 4.69) is 0 Å². The third-order valence-corrected chi connectivity index (χ3v) is 6.23. The van der Waals surface area contributed by atoms with Crippen LogP contribution >= 0.6 is 0 Å². The smallest absolute Gasteiger partial charge is 0.417 e. The molecule has 1 aromatic rings. The van der Waals surface area contributed by atoms with Crippen molar-refractivity contribution in [1.29, 1.82) is 0 Å². The highest BCUT2D eigenvalue weighted by Crippen LogP contribution is 2.50. The summed E-state index contributed by atoms with van der Waals surface area (Å²) < 4.78 is 80.5. The van der Waals surface area contributed by atoms with Crippen molar-refractivity contribution in [2.75, 3.05) is 0 Å². The first-order valence-corrected chi connectivity index (χ1v) is 9.87. The third-order valence-electron chi connectivity index (χ3n) is 6.23. The maximum Gasteiger partial charge on any atom is 0.417 e. The second-order valence-corrected chi connectivity index (χ2v) is 8.31. The standard InChI is InChI=1S/C22H20F6O4/c1-11-15(18(29)30)8-13(10-20(11,19(31)32)7-6-12-2-3-12)16-9-14(21(23,24)25)4-5-17(16)22(26,27)28/h4-5,8-12H,2-3,6-7H2,1H3,(H,29,30)(H,31,32). The number of hydrogen-bond acceptors (Lipinski definition) is 2. The summed E-state index contributed by atoms with van der Waals surface area (Å²) in [5.74, 6) is -3.83. The molecule has 174 valence electrons. The quantitative estimate of drug-likeness (QED) is 0.507. The zero-order valence-corrected chi connectivity index (χ0v) is 16.8. The molecule has 0 amide bonds. The normalized spacial score (nSPS) is 24.0. The lowest BCUT2D eigenvalue weighted by atomic mass is 9.65. The summed E-state index contributed by atoms with van der Waals surface area (Å²) in [6.07, 6.45) is -6.03. The van der Waals surface area contributed by atoms with E-state index < -0.39 is 63.5 Å². The lowest BCUT2D eigenvalue weighted by Gasteiger charge is -2.37. The molecule has 0 saturated heterocycles. The minimum Gasteiger partial charge on any atom is -0.481 e. The highest BCUT2D eigenvalue weighted by atomic mass is 19.4. The molecule has 0 radical (unpaired) electrons. The summed E-state index contributed by atoms with van der Waals surface area (Å²) in [6.45, 7) is 1.35. The van der Waals surface area contributed by atoms with Gasteiger partial charge in [0.25, 0.3) is 0 Å². The minimum atomic E-state index is -5.04. The molecule has 0 heterocycles. The van der Waals surface area contributed by atoms with Gasteiger partial charge >= 0.3 is 24.3 Å². The van der Waals surface area contributed by atoms with Gasteiger partial charge in [-0.15, -0.1) is 0 Å². The van der Waals surface area contributed by atoms with Crippen LogP contribution in [0.3, 0.4) is 0 Å². The lowest BCUT2D eigenvalue weighted by Crippen LogP contribution is -2.40. The van der Waals surface area contributed by atoms with E-state index in [4.69, 9.17) is 0 Å². The topological polar surface area (TPSA) is 74.6 Å². The predicted molar refractivity (Wildman–Crippen MR) is 101 cm³/mol. The van der Waals surface area contributed by atoms with Crippen LogP contribution < -0.4 is 0 Å². The highest BCUT2D eigenvalue weighted by Gasteiger charge is 2.48. The molecule has 4 nitrogen and oxygen atoms in total. The molecule has 2 aliphatic carbocycles. The average Bonchev–Trinajstić information content (AvgIpc) is 3.49. The van der Waals surface area contributed by atoms with Gasteiger partial charge in [0.1, 0.15) is 0 Å². The summed E-state index contributed by atoms with van der Waals surface area (Å²) in [7, 11) is 0. The van der Waals surface area contributed by atoms with Crippen LogP contribution in [0.1, 0.15) is 49.3 Å². The van der Waals surface area contributed by atoms with Crippen LogP contribution in [-0.2, 0) is 21.9 Å². The highest BCUT2D eigenvalue weighted by molar-refractivity contribution is 5.97. The second-order valence-electron chi connectivity index (χ2n) is 8.31. The Morgan fingerprint density at radius 3 is 2.16 bits per heavy atom. The van der Waals surface area contributed by atoms with Crippen LogP contribution in [0.4, 0.5) is 26.3 Å². The van der Waals surface area contributed by atoms with Crippen LogP contribution in [-0.4, -0.2) is 22.2 Å². The van der Waals surface area contributed by atoms with Crippen LogP contribution in [0.5, 0.6) is 0 Å². The Morgan fingerprint density at radius 1 is 1.06 bits per heavy atom. The number of carbonyl (C=O) groups is 2. The molecule has 3 rings (SSSR count). The van der Waals surface area contributed by atoms with Crippen LogP contribution in [0.25, 0.3) is 5.57 Å². The fourth-order valence-electron chi connectivity index (χ4n) is 4.12. The molecular weight excluding hydrogens is 442 g/mol. The summed E-state index contributed by atoms with van der Waals surface area (Å²) in [4.78, 5) is 24.1. The molecule has 0 aromatic heterocycles. The van der Waals surface area contributed by atoms with Crippen LogP contribution in [0.15, 0.2) is 35.9 Å². The Hall–Kier alpha value is -2.78. The number of benzene rings is 1. The summed E-state index contributed by atoms with van der Waals surface area (Å²) in [5.41, 5.74) is -6.51. The van der Waals surface area contributed by atoms with Crippen molar-refractivity contribution in [3.05, 3.63) is 52.6 Å². The Balaban J connectivity index is 2.27. The van der Waals surface area contributed by atoms with Gasteiger partial charge in [-0.05, 0) is 54.2 Å². The SMILES string of the molecule is CC1C(C(=O)O)=CC(c2cc(C(F)(F)F)ccc2C(F)(F)F)=CC1(CCC1CC1)C(=O)O. The average molecular weight is 462 g/mol. The molecule has 1 aromatic carbocycles. The summed E-state index contributed by atoms with van der Waals surface area (Å²) in [5, 5.41) is 19.6. The Kier molecular flexibility index (Phi) is 5.95. The van der Waals surface area contributed by atoms with E-state index in [-0.39, 0.29) is 30.5 Å². The zero-order chi connectivity index (χ0) is 24.1. The van der Waals surface area contributed by atoms with Gasteiger partial charge in [-0.3, -0.25) is 4.79 Å². The molecule has 32 heavy (non-hydrogen) atoms. The van der Waals surface area contributed by atoms with Gasteiger partial charge in [0.05, 0.1) is 16.5 Å². The first-order chi connectivity index (χ1) is 14.7. The molecule has 10 heteroatoms. The van der Waals surface area contributed by atoms with Gasteiger partial charge in [0.2, 0.25) is 0 Å². The van der Waals surface area contributed by atoms with Crippen molar-refractivity contribution in [2.24, 2.45) is 17.3 Å². The summed E-state index contributed by atoms with van der Waals surface area (Å²) >= 11 is 0. The first kappa shape index (κ1) is 23.9. The van der Waals surface area contributed by atoms with E-state index in [0.29, 0.717) is 6.42 Å². The molecule has 1 saturated carbocycles. The number of carboxylic acid groups (broad SMARTS) is 2. The molecule has 2 N–H and O–H groups in total. The van der Waals surface area contributed by atoms with Gasteiger partial charge in [-0.1, -0.05) is 25.8 Å². The number of allylic oxidation sites excluding steroid dienone is 2.